The number of nitrogens with zero attached hydrogens (tertiary/aromatic N) is 1. The summed E-state index contributed by atoms with van der Waals surface area (Å²) in [5.74, 6) is 0. The van der Waals surface area contributed by atoms with Gasteiger partial charge in [-0.1, -0.05) is 11.3 Å². The number of aromatic nitrogens is 1. The number of hydrogen-bond acceptors (Lipinski definition) is 4. The average Bonchev–Trinajstić information content (AvgIpc) is 2.39. The molecule has 0 atom stereocenters. The molecule has 0 saturated carbocycles. The average molecular weight is 179 g/mol. The molecule has 0 bridgehead atoms. The maximum absolute atomic E-state index is 5.72. The Bertz CT molecular complexity index is 433. The Hall–Kier alpha value is -1.29. The molecule has 62 valence electrons. The van der Waals surface area contributed by atoms with E-state index in [1.807, 2.05) is 19.1 Å². The van der Waals surface area contributed by atoms with Gasteiger partial charge >= 0.3 is 0 Å². The van der Waals surface area contributed by atoms with Gasteiger partial charge in [-0.3, -0.25) is 0 Å². The van der Waals surface area contributed by atoms with Crippen LogP contribution in [0.1, 0.15) is 5.56 Å². The van der Waals surface area contributed by atoms with Crippen LogP contribution in [0.15, 0.2) is 12.1 Å². The first-order chi connectivity index (χ1) is 5.68. The Labute approximate surface area is 74.0 Å². The number of fused-ring (bicyclic) bond motifs is 1. The first-order valence-corrected chi connectivity index (χ1v) is 4.41. The van der Waals surface area contributed by atoms with Crippen LogP contribution in [0, 0.1) is 6.92 Å². The lowest BCUT2D eigenvalue weighted by atomic mass is 10.2. The summed E-state index contributed by atoms with van der Waals surface area (Å²) in [6, 6.07) is 3.83. The number of nitrogens with two attached hydrogens (primary N) is 2. The molecule has 0 radical (unpaired) electrons. The predicted octanol–water partition coefficient (Wildman–Crippen LogP) is 1.77. The molecule has 3 nitrogen and oxygen atoms in total. The van der Waals surface area contributed by atoms with E-state index in [9.17, 15) is 0 Å². The number of rotatable bonds is 0. The standard InChI is InChI=1S/C8H9N3S/c1-4-5(9)2-3-6-7(4)11-8(10)12-6/h2-3H,9H2,1H3,(H2,10,11). The highest BCUT2D eigenvalue weighted by molar-refractivity contribution is 7.22. The molecule has 0 fully saturated rings. The fourth-order valence-corrected chi connectivity index (χ4v) is 1.95. The normalized spacial score (nSPS) is 10.8. The van der Waals surface area contributed by atoms with Crippen molar-refractivity contribution in [2.75, 3.05) is 11.5 Å². The van der Waals surface area contributed by atoms with E-state index in [0.29, 0.717) is 5.13 Å². The Morgan fingerprint density at radius 2 is 2.08 bits per heavy atom. The van der Waals surface area contributed by atoms with Crippen molar-refractivity contribution in [2.45, 2.75) is 6.92 Å². The molecule has 2 rings (SSSR count). The van der Waals surface area contributed by atoms with Gasteiger partial charge in [-0.25, -0.2) is 4.98 Å². The summed E-state index contributed by atoms with van der Waals surface area (Å²) in [6.07, 6.45) is 0. The number of benzene rings is 1. The molecule has 12 heavy (non-hydrogen) atoms. The summed E-state index contributed by atoms with van der Waals surface area (Å²) in [5, 5.41) is 0.596. The van der Waals surface area contributed by atoms with Gasteiger partial charge in [0, 0.05) is 5.69 Å². The molecule has 0 aliphatic carbocycles. The lowest BCUT2D eigenvalue weighted by Crippen LogP contribution is -1.89. The number of nitrogen functional groups attached to an aromatic ring is 2. The molecule has 4 heteroatoms. The largest absolute Gasteiger partial charge is 0.398 e. The van der Waals surface area contributed by atoms with Gasteiger partial charge in [0.25, 0.3) is 0 Å². The van der Waals surface area contributed by atoms with Crippen LogP contribution in [-0.2, 0) is 0 Å². The second kappa shape index (κ2) is 2.35. The summed E-state index contributed by atoms with van der Waals surface area (Å²) in [5.41, 5.74) is 14.0. The number of anilines is 2. The van der Waals surface area contributed by atoms with E-state index in [-0.39, 0.29) is 0 Å². The fourth-order valence-electron chi connectivity index (χ4n) is 1.16. The summed E-state index contributed by atoms with van der Waals surface area (Å²) in [4.78, 5) is 4.19. The molecule has 0 unspecified atom stereocenters. The van der Waals surface area contributed by atoms with Gasteiger partial charge < -0.3 is 11.5 Å². The molecule has 4 N–H and O–H groups in total. The molecule has 1 aromatic heterocycles. The van der Waals surface area contributed by atoms with Crippen molar-refractivity contribution in [3.63, 3.8) is 0 Å². The van der Waals surface area contributed by atoms with Crippen molar-refractivity contribution < 1.29 is 0 Å². The third-order valence-corrected chi connectivity index (χ3v) is 2.72. The number of aryl methyl sites for hydroxylation is 1. The van der Waals surface area contributed by atoms with Gasteiger partial charge in [0.1, 0.15) is 0 Å². The van der Waals surface area contributed by atoms with Crippen LogP contribution in [0.2, 0.25) is 0 Å². The van der Waals surface area contributed by atoms with E-state index in [1.165, 1.54) is 11.3 Å². The summed E-state index contributed by atoms with van der Waals surface area (Å²) < 4.78 is 1.10. The SMILES string of the molecule is Cc1c(N)ccc2sc(N)nc12. The van der Waals surface area contributed by atoms with Crippen molar-refractivity contribution in [3.8, 4) is 0 Å². The minimum Gasteiger partial charge on any atom is -0.398 e. The van der Waals surface area contributed by atoms with Crippen molar-refractivity contribution >= 4 is 32.4 Å². The highest BCUT2D eigenvalue weighted by Crippen LogP contribution is 2.28. The summed E-state index contributed by atoms with van der Waals surface area (Å²) >= 11 is 1.49. The van der Waals surface area contributed by atoms with E-state index in [4.69, 9.17) is 11.5 Å². The Morgan fingerprint density at radius 1 is 1.33 bits per heavy atom. The van der Waals surface area contributed by atoms with Crippen LogP contribution in [0.3, 0.4) is 0 Å². The van der Waals surface area contributed by atoms with Crippen LogP contribution < -0.4 is 11.5 Å². The number of thiazole rings is 1. The van der Waals surface area contributed by atoms with Crippen LogP contribution in [0.4, 0.5) is 10.8 Å². The Balaban J connectivity index is 2.89. The number of hydrogen-bond donors (Lipinski definition) is 2. The highest BCUT2D eigenvalue weighted by atomic mass is 32.1. The monoisotopic (exact) mass is 179 g/mol. The van der Waals surface area contributed by atoms with Gasteiger partial charge in [0.05, 0.1) is 10.2 Å². The van der Waals surface area contributed by atoms with E-state index < -0.39 is 0 Å². The van der Waals surface area contributed by atoms with E-state index in [0.717, 1.165) is 21.5 Å². The van der Waals surface area contributed by atoms with Crippen LogP contribution >= 0.6 is 11.3 Å². The van der Waals surface area contributed by atoms with Gasteiger partial charge in [0.15, 0.2) is 5.13 Å². The minimum atomic E-state index is 0.596. The van der Waals surface area contributed by atoms with E-state index in [1.54, 1.807) is 0 Å². The molecule has 0 saturated heterocycles. The highest BCUT2D eigenvalue weighted by Gasteiger charge is 2.05. The smallest absolute Gasteiger partial charge is 0.181 e. The second-order valence-electron chi connectivity index (χ2n) is 2.68. The molecule has 2 aromatic rings. The third-order valence-electron chi connectivity index (χ3n) is 1.87. The van der Waals surface area contributed by atoms with Crippen molar-refractivity contribution in [2.24, 2.45) is 0 Å². The first kappa shape index (κ1) is 7.36. The van der Waals surface area contributed by atoms with Crippen molar-refractivity contribution in [3.05, 3.63) is 17.7 Å². The molecule has 1 heterocycles. The lowest BCUT2D eigenvalue weighted by Gasteiger charge is -1.97. The molecule has 0 aliphatic heterocycles. The maximum Gasteiger partial charge on any atom is 0.181 e. The lowest BCUT2D eigenvalue weighted by molar-refractivity contribution is 1.43. The first-order valence-electron chi connectivity index (χ1n) is 3.59. The second-order valence-corrected chi connectivity index (χ2v) is 3.74. The molecular weight excluding hydrogens is 170 g/mol. The third kappa shape index (κ3) is 0.921. The van der Waals surface area contributed by atoms with E-state index in [2.05, 4.69) is 4.98 Å². The molecular formula is C8H9N3S. The van der Waals surface area contributed by atoms with Gasteiger partial charge in [-0.15, -0.1) is 0 Å². The molecule has 0 aliphatic rings. The van der Waals surface area contributed by atoms with Crippen LogP contribution in [-0.4, -0.2) is 4.98 Å². The zero-order valence-electron chi connectivity index (χ0n) is 6.66. The topological polar surface area (TPSA) is 64.9 Å². The summed E-state index contributed by atoms with van der Waals surface area (Å²) in [7, 11) is 0. The quantitative estimate of drug-likeness (QED) is 0.606. The van der Waals surface area contributed by atoms with Gasteiger partial charge in [0.2, 0.25) is 0 Å². The Kier molecular flexibility index (Phi) is 1.44. The van der Waals surface area contributed by atoms with E-state index >= 15 is 0 Å². The zero-order valence-corrected chi connectivity index (χ0v) is 7.48. The fraction of sp³-hybridized carbons (Fsp3) is 0.125. The maximum atomic E-state index is 5.72. The van der Waals surface area contributed by atoms with Crippen molar-refractivity contribution in [1.82, 2.24) is 4.98 Å². The Morgan fingerprint density at radius 3 is 2.83 bits per heavy atom. The zero-order chi connectivity index (χ0) is 8.72. The summed E-state index contributed by atoms with van der Waals surface area (Å²) in [6.45, 7) is 1.96. The minimum absolute atomic E-state index is 0.596. The molecule has 0 spiro atoms. The van der Waals surface area contributed by atoms with Crippen LogP contribution in [0.25, 0.3) is 10.2 Å². The van der Waals surface area contributed by atoms with Crippen LogP contribution in [0.5, 0.6) is 0 Å². The predicted molar refractivity (Wildman–Crippen MR) is 53.2 cm³/mol. The molecule has 1 aromatic carbocycles. The van der Waals surface area contributed by atoms with Crippen molar-refractivity contribution in [1.29, 1.82) is 0 Å². The van der Waals surface area contributed by atoms with Gasteiger partial charge in [-0.05, 0) is 24.6 Å². The van der Waals surface area contributed by atoms with Gasteiger partial charge in [-0.2, -0.15) is 0 Å². The molecule has 0 amide bonds.